The number of amides is 2. The zero-order chi connectivity index (χ0) is 19.8. The van der Waals surface area contributed by atoms with Crippen LogP contribution in [0.2, 0.25) is 0 Å². The number of hydrogen-bond donors (Lipinski definition) is 0. The van der Waals surface area contributed by atoms with Crippen LogP contribution >= 0.6 is 11.3 Å². The predicted octanol–water partition coefficient (Wildman–Crippen LogP) is 4.51. The number of alkyl halides is 3. The van der Waals surface area contributed by atoms with Gasteiger partial charge in [0, 0.05) is 12.0 Å². The average Bonchev–Trinajstić information content (AvgIpc) is 3.01. The van der Waals surface area contributed by atoms with E-state index in [0.717, 1.165) is 22.3 Å². The predicted molar refractivity (Wildman–Crippen MR) is 93.4 cm³/mol. The van der Waals surface area contributed by atoms with E-state index in [2.05, 4.69) is 9.72 Å². The van der Waals surface area contributed by atoms with Crippen molar-refractivity contribution in [1.82, 2.24) is 4.98 Å². The third-order valence-electron chi connectivity index (χ3n) is 6.19. The van der Waals surface area contributed by atoms with Gasteiger partial charge >= 0.3 is 6.36 Å². The molecule has 1 saturated carbocycles. The van der Waals surface area contributed by atoms with Gasteiger partial charge < -0.3 is 4.74 Å². The minimum absolute atomic E-state index is 0.192. The topological polar surface area (TPSA) is 59.5 Å². The van der Waals surface area contributed by atoms with Crippen molar-refractivity contribution in [1.29, 1.82) is 0 Å². The molecule has 2 atom stereocenters. The molecular formula is C18H17F3N2O3S. The lowest BCUT2D eigenvalue weighted by Gasteiger charge is -2.46. The molecule has 2 fully saturated rings. The molecule has 2 unspecified atom stereocenters. The number of aromatic nitrogens is 1. The molecular weight excluding hydrogens is 381 g/mol. The molecule has 4 rings (SSSR count). The summed E-state index contributed by atoms with van der Waals surface area (Å²) in [6, 6.07) is 3.76. The summed E-state index contributed by atoms with van der Waals surface area (Å²) in [5.41, 5.74) is -0.705. The van der Waals surface area contributed by atoms with Gasteiger partial charge in [0.15, 0.2) is 5.13 Å². The van der Waals surface area contributed by atoms with Crippen LogP contribution in [0.25, 0.3) is 10.2 Å². The minimum atomic E-state index is -4.79. The van der Waals surface area contributed by atoms with Crippen molar-refractivity contribution < 1.29 is 27.5 Å². The number of hydrogen-bond acceptors (Lipinski definition) is 5. The van der Waals surface area contributed by atoms with Crippen LogP contribution in [0.15, 0.2) is 18.2 Å². The number of halogens is 3. The fourth-order valence-corrected chi connectivity index (χ4v) is 5.18. The molecule has 5 nitrogen and oxygen atoms in total. The summed E-state index contributed by atoms with van der Waals surface area (Å²) >= 11 is 1.01. The highest BCUT2D eigenvalue weighted by Gasteiger charge is 2.65. The molecule has 0 N–H and O–H groups in total. The maximum Gasteiger partial charge on any atom is 0.573 e. The summed E-state index contributed by atoms with van der Waals surface area (Å²) in [6.45, 7) is 5.76. The Hall–Kier alpha value is -2.16. The zero-order valence-corrected chi connectivity index (χ0v) is 15.7. The smallest absolute Gasteiger partial charge is 0.406 e. The molecule has 2 heterocycles. The quantitative estimate of drug-likeness (QED) is 0.699. The summed E-state index contributed by atoms with van der Waals surface area (Å²) in [5, 5.41) is 0.192. The molecule has 1 aromatic carbocycles. The second kappa shape index (κ2) is 5.43. The molecule has 0 radical (unpaired) electrons. The highest BCUT2D eigenvalue weighted by Crippen LogP contribution is 2.60. The highest BCUT2D eigenvalue weighted by molar-refractivity contribution is 7.22. The van der Waals surface area contributed by atoms with Crippen molar-refractivity contribution in [3.8, 4) is 5.75 Å². The Labute approximate surface area is 157 Å². The van der Waals surface area contributed by atoms with Crippen LogP contribution in [0.5, 0.6) is 5.75 Å². The van der Waals surface area contributed by atoms with Gasteiger partial charge in [-0.25, -0.2) is 9.88 Å². The van der Waals surface area contributed by atoms with Crippen LogP contribution in [0.3, 0.4) is 0 Å². The second-order valence-electron chi connectivity index (χ2n) is 7.80. The number of nitrogens with zero attached hydrogens (tertiary/aromatic N) is 2. The van der Waals surface area contributed by atoms with E-state index in [1.54, 1.807) is 0 Å². The van der Waals surface area contributed by atoms with Gasteiger partial charge in [-0.1, -0.05) is 32.1 Å². The van der Waals surface area contributed by atoms with Crippen molar-refractivity contribution in [2.75, 3.05) is 4.90 Å². The molecule has 2 bridgehead atoms. The van der Waals surface area contributed by atoms with Crippen LogP contribution in [-0.2, 0) is 9.59 Å². The molecule has 144 valence electrons. The standard InChI is InChI=1S/C18H17F3N2O3S/c1-16(2)10-6-7-17(16,3)14(25)23(13(10)24)15-22-11-5-4-9(8-12(11)27-15)26-18(19,20)21/h4-5,8,10H,6-7H2,1-3H3. The SMILES string of the molecule is CC12CCC(C(=O)N(c3nc4ccc(OC(F)(F)F)cc4s3)C1=O)C2(C)C. The average molecular weight is 398 g/mol. The molecule has 2 amide bonds. The van der Waals surface area contributed by atoms with Crippen LogP contribution < -0.4 is 9.64 Å². The maximum absolute atomic E-state index is 13.2. The number of piperidine rings is 1. The third-order valence-corrected chi connectivity index (χ3v) is 7.20. The van der Waals surface area contributed by atoms with Gasteiger partial charge in [-0.2, -0.15) is 0 Å². The summed E-state index contributed by atoms with van der Waals surface area (Å²) < 4.78 is 41.6. The van der Waals surface area contributed by atoms with E-state index in [0.29, 0.717) is 23.1 Å². The first-order valence-corrected chi connectivity index (χ1v) is 9.30. The van der Waals surface area contributed by atoms with E-state index in [9.17, 15) is 22.8 Å². The third kappa shape index (κ3) is 2.55. The molecule has 9 heteroatoms. The molecule has 0 spiro atoms. The largest absolute Gasteiger partial charge is 0.573 e. The summed E-state index contributed by atoms with van der Waals surface area (Å²) in [7, 11) is 0. The molecule has 1 aromatic heterocycles. The van der Waals surface area contributed by atoms with E-state index in [4.69, 9.17) is 0 Å². The first-order chi connectivity index (χ1) is 12.4. The second-order valence-corrected chi connectivity index (χ2v) is 8.81. The van der Waals surface area contributed by atoms with E-state index in [-0.39, 0.29) is 28.6 Å². The van der Waals surface area contributed by atoms with Crippen molar-refractivity contribution >= 4 is 38.5 Å². The number of benzene rings is 1. The van der Waals surface area contributed by atoms with Gasteiger partial charge in [-0.15, -0.1) is 13.2 Å². The first-order valence-electron chi connectivity index (χ1n) is 8.49. The molecule has 27 heavy (non-hydrogen) atoms. The molecule has 2 aliphatic rings. The zero-order valence-electron chi connectivity index (χ0n) is 14.9. The Morgan fingerprint density at radius 3 is 2.63 bits per heavy atom. The van der Waals surface area contributed by atoms with Crippen LogP contribution in [0.1, 0.15) is 33.6 Å². The van der Waals surface area contributed by atoms with Gasteiger partial charge in [0.05, 0.1) is 15.6 Å². The fraction of sp³-hybridized carbons (Fsp3) is 0.500. The monoisotopic (exact) mass is 398 g/mol. The van der Waals surface area contributed by atoms with Gasteiger partial charge in [0.25, 0.3) is 0 Å². The van der Waals surface area contributed by atoms with Gasteiger partial charge in [0.1, 0.15) is 5.75 Å². The van der Waals surface area contributed by atoms with Crippen LogP contribution in [0, 0.1) is 16.7 Å². The van der Waals surface area contributed by atoms with Crippen LogP contribution in [0.4, 0.5) is 18.3 Å². The number of fused-ring (bicyclic) bond motifs is 3. The Morgan fingerprint density at radius 2 is 1.96 bits per heavy atom. The molecule has 1 saturated heterocycles. The van der Waals surface area contributed by atoms with Crippen molar-refractivity contribution in [3.63, 3.8) is 0 Å². The van der Waals surface area contributed by atoms with Gasteiger partial charge in [-0.3, -0.25) is 9.59 Å². The maximum atomic E-state index is 13.2. The number of rotatable bonds is 2. The molecule has 1 aliphatic heterocycles. The first kappa shape index (κ1) is 18.2. The number of imide groups is 1. The van der Waals surface area contributed by atoms with Gasteiger partial charge in [0.2, 0.25) is 11.8 Å². The molecule has 2 aromatic rings. The highest BCUT2D eigenvalue weighted by atomic mass is 32.1. The summed E-state index contributed by atoms with van der Waals surface area (Å²) in [5.74, 6) is -1.23. The van der Waals surface area contributed by atoms with Crippen molar-refractivity contribution in [2.45, 2.75) is 40.0 Å². The lowest BCUT2D eigenvalue weighted by Crippen LogP contribution is -2.59. The lowest BCUT2D eigenvalue weighted by atomic mass is 9.62. The van der Waals surface area contributed by atoms with E-state index >= 15 is 0 Å². The fourth-order valence-electron chi connectivity index (χ4n) is 4.18. The van der Waals surface area contributed by atoms with Gasteiger partial charge in [-0.05, 0) is 30.4 Å². The number of ether oxygens (including phenoxy) is 1. The Morgan fingerprint density at radius 1 is 1.26 bits per heavy atom. The number of carbonyl (C=O) groups excluding carboxylic acids is 2. The Kier molecular flexibility index (Phi) is 3.67. The van der Waals surface area contributed by atoms with Crippen LogP contribution in [-0.4, -0.2) is 23.2 Å². The Bertz CT molecular complexity index is 968. The van der Waals surface area contributed by atoms with E-state index in [1.165, 1.54) is 12.1 Å². The van der Waals surface area contributed by atoms with Crippen molar-refractivity contribution in [3.05, 3.63) is 18.2 Å². The summed E-state index contributed by atoms with van der Waals surface area (Å²) in [4.78, 5) is 31.6. The van der Waals surface area contributed by atoms with Crippen molar-refractivity contribution in [2.24, 2.45) is 16.7 Å². The number of anilines is 1. The van der Waals surface area contributed by atoms with E-state index < -0.39 is 17.2 Å². The summed E-state index contributed by atoms with van der Waals surface area (Å²) in [6.07, 6.45) is -3.53. The number of thiazole rings is 1. The lowest BCUT2D eigenvalue weighted by molar-refractivity contribution is -0.274. The number of carbonyl (C=O) groups is 2. The van der Waals surface area contributed by atoms with E-state index in [1.807, 2.05) is 20.8 Å². The minimum Gasteiger partial charge on any atom is -0.406 e. The molecule has 1 aliphatic carbocycles. The Balaban J connectivity index is 1.74. The normalized spacial score (nSPS) is 27.5.